The van der Waals surface area contributed by atoms with Crippen molar-refractivity contribution in [3.8, 4) is 0 Å². The first-order valence-electron chi connectivity index (χ1n) is 8.32. The van der Waals surface area contributed by atoms with Gasteiger partial charge in [0, 0.05) is 34.3 Å². The number of carbonyl (C=O) groups is 1. The fourth-order valence-corrected chi connectivity index (χ4v) is 3.25. The largest absolute Gasteiger partial charge is 0.344 e. The Balaban J connectivity index is 2.12. The van der Waals surface area contributed by atoms with Crippen LogP contribution in [0, 0.1) is 6.92 Å². The number of para-hydroxylation sites is 1. The van der Waals surface area contributed by atoms with E-state index in [-0.39, 0.29) is 5.78 Å². The van der Waals surface area contributed by atoms with Gasteiger partial charge in [-0.3, -0.25) is 4.79 Å². The molecular formula is C21H23NO. The highest BCUT2D eigenvalue weighted by Gasteiger charge is 2.18. The van der Waals surface area contributed by atoms with E-state index in [2.05, 4.69) is 24.5 Å². The minimum absolute atomic E-state index is 0.104. The molecule has 0 aliphatic carbocycles. The lowest BCUT2D eigenvalue weighted by Gasteiger charge is -2.13. The molecule has 0 spiro atoms. The highest BCUT2D eigenvalue weighted by molar-refractivity contribution is 6.16. The summed E-state index contributed by atoms with van der Waals surface area (Å²) in [4.78, 5) is 13.0. The normalized spacial score (nSPS) is 12.5. The number of hydrogen-bond donors (Lipinski definition) is 0. The number of hydrogen-bond acceptors (Lipinski definition) is 1. The molecule has 118 valence electrons. The molecule has 2 nitrogen and oxygen atoms in total. The molecule has 3 rings (SSSR count). The van der Waals surface area contributed by atoms with E-state index in [9.17, 15) is 4.79 Å². The Labute approximate surface area is 137 Å². The van der Waals surface area contributed by atoms with Crippen LogP contribution in [0.25, 0.3) is 10.9 Å². The lowest BCUT2D eigenvalue weighted by molar-refractivity contribution is 0.104. The van der Waals surface area contributed by atoms with Crippen molar-refractivity contribution < 1.29 is 4.79 Å². The van der Waals surface area contributed by atoms with Crippen LogP contribution in [-0.2, 0) is 0 Å². The molecule has 1 atom stereocenters. The molecule has 1 unspecified atom stereocenters. The van der Waals surface area contributed by atoms with Crippen LogP contribution in [0.2, 0.25) is 0 Å². The topological polar surface area (TPSA) is 22.0 Å². The lowest BCUT2D eigenvalue weighted by atomic mass is 10.0. The number of aryl methyl sites for hydroxylation is 1. The summed E-state index contributed by atoms with van der Waals surface area (Å²) in [7, 11) is 0. The van der Waals surface area contributed by atoms with Gasteiger partial charge in [0.25, 0.3) is 0 Å². The summed E-state index contributed by atoms with van der Waals surface area (Å²) >= 11 is 0. The van der Waals surface area contributed by atoms with E-state index in [0.29, 0.717) is 6.04 Å². The fourth-order valence-electron chi connectivity index (χ4n) is 3.25. The maximum Gasteiger partial charge on any atom is 0.195 e. The summed E-state index contributed by atoms with van der Waals surface area (Å²) in [5.41, 5.74) is 3.81. The molecule has 1 aromatic heterocycles. The van der Waals surface area contributed by atoms with E-state index in [1.807, 2.05) is 55.6 Å². The molecule has 0 fully saturated rings. The summed E-state index contributed by atoms with van der Waals surface area (Å²) in [6, 6.07) is 16.4. The molecule has 2 heteroatoms. The first-order chi connectivity index (χ1) is 11.1. The van der Waals surface area contributed by atoms with Crippen LogP contribution in [0.1, 0.15) is 54.2 Å². The lowest BCUT2D eigenvalue weighted by Crippen LogP contribution is -2.04. The average molecular weight is 305 g/mol. The third-order valence-electron chi connectivity index (χ3n) is 4.45. The highest BCUT2D eigenvalue weighted by atomic mass is 16.1. The van der Waals surface area contributed by atoms with Gasteiger partial charge in [-0.25, -0.2) is 0 Å². The highest BCUT2D eigenvalue weighted by Crippen LogP contribution is 2.28. The molecular weight excluding hydrogens is 282 g/mol. The van der Waals surface area contributed by atoms with E-state index in [1.165, 1.54) is 0 Å². The molecule has 0 N–H and O–H groups in total. The van der Waals surface area contributed by atoms with Gasteiger partial charge in [0.1, 0.15) is 0 Å². The zero-order valence-corrected chi connectivity index (χ0v) is 14.0. The van der Waals surface area contributed by atoms with Crippen molar-refractivity contribution in [1.29, 1.82) is 0 Å². The van der Waals surface area contributed by atoms with Crippen LogP contribution >= 0.6 is 0 Å². The zero-order chi connectivity index (χ0) is 16.4. The second-order valence-corrected chi connectivity index (χ2v) is 6.30. The van der Waals surface area contributed by atoms with Crippen LogP contribution < -0.4 is 0 Å². The van der Waals surface area contributed by atoms with Gasteiger partial charge in [-0.2, -0.15) is 0 Å². The van der Waals surface area contributed by atoms with E-state index >= 15 is 0 Å². The Morgan fingerprint density at radius 3 is 2.65 bits per heavy atom. The van der Waals surface area contributed by atoms with Crippen molar-refractivity contribution in [3.63, 3.8) is 0 Å². The Kier molecular flexibility index (Phi) is 4.33. The van der Waals surface area contributed by atoms with Gasteiger partial charge in [-0.05, 0) is 32.4 Å². The Hall–Kier alpha value is -2.35. The van der Waals surface area contributed by atoms with E-state index in [4.69, 9.17) is 0 Å². The molecule has 0 saturated carbocycles. The summed E-state index contributed by atoms with van der Waals surface area (Å²) in [6.45, 7) is 6.43. The van der Waals surface area contributed by atoms with Crippen LogP contribution in [0.3, 0.4) is 0 Å². The second kappa shape index (κ2) is 6.41. The van der Waals surface area contributed by atoms with Gasteiger partial charge >= 0.3 is 0 Å². The first kappa shape index (κ1) is 15.5. The van der Waals surface area contributed by atoms with Gasteiger partial charge in [0.15, 0.2) is 5.78 Å². The van der Waals surface area contributed by atoms with E-state index < -0.39 is 0 Å². The number of carbonyl (C=O) groups excluding carboxylic acids is 1. The van der Waals surface area contributed by atoms with Gasteiger partial charge in [-0.1, -0.05) is 55.3 Å². The third kappa shape index (κ3) is 2.94. The summed E-state index contributed by atoms with van der Waals surface area (Å²) < 4.78 is 2.25. The number of rotatable bonds is 5. The number of benzene rings is 2. The Bertz CT molecular complexity index is 844. The number of nitrogens with zero attached hydrogens (tertiary/aromatic N) is 1. The monoisotopic (exact) mass is 305 g/mol. The summed E-state index contributed by atoms with van der Waals surface area (Å²) in [5, 5.41) is 1.04. The molecule has 1 heterocycles. The molecule has 0 aliphatic heterocycles. The number of ketones is 1. The first-order valence-corrected chi connectivity index (χ1v) is 8.32. The molecule has 3 aromatic rings. The third-order valence-corrected chi connectivity index (χ3v) is 4.45. The van der Waals surface area contributed by atoms with Crippen molar-refractivity contribution >= 4 is 16.7 Å². The van der Waals surface area contributed by atoms with Crippen molar-refractivity contribution in [2.24, 2.45) is 0 Å². The molecule has 2 aromatic carbocycles. The van der Waals surface area contributed by atoms with Crippen LogP contribution in [0.15, 0.2) is 54.7 Å². The van der Waals surface area contributed by atoms with Crippen molar-refractivity contribution in [3.05, 3.63) is 71.4 Å². The van der Waals surface area contributed by atoms with Gasteiger partial charge in [0.2, 0.25) is 0 Å². The standard InChI is InChI=1S/C21H23NO/c1-4-8-16(3)22-14-19(18-11-5-6-12-20(18)22)21(23)17-10-7-9-15(2)13-17/h5-7,9-14,16H,4,8H2,1-3H3. The maximum atomic E-state index is 13.0. The molecule has 0 bridgehead atoms. The molecule has 0 saturated heterocycles. The molecule has 0 radical (unpaired) electrons. The van der Waals surface area contributed by atoms with E-state index in [0.717, 1.165) is 40.4 Å². The van der Waals surface area contributed by atoms with Crippen LogP contribution in [0.4, 0.5) is 0 Å². The van der Waals surface area contributed by atoms with Crippen LogP contribution in [-0.4, -0.2) is 10.4 Å². The molecule has 0 aliphatic rings. The summed E-state index contributed by atoms with van der Waals surface area (Å²) in [5.74, 6) is 0.104. The second-order valence-electron chi connectivity index (χ2n) is 6.30. The minimum Gasteiger partial charge on any atom is -0.344 e. The smallest absolute Gasteiger partial charge is 0.195 e. The Morgan fingerprint density at radius 1 is 1.13 bits per heavy atom. The van der Waals surface area contributed by atoms with Gasteiger partial charge < -0.3 is 4.57 Å². The maximum absolute atomic E-state index is 13.0. The summed E-state index contributed by atoms with van der Waals surface area (Å²) in [6.07, 6.45) is 4.28. The fraction of sp³-hybridized carbons (Fsp3) is 0.286. The number of aromatic nitrogens is 1. The Morgan fingerprint density at radius 2 is 1.91 bits per heavy atom. The van der Waals surface area contributed by atoms with Gasteiger partial charge in [-0.15, -0.1) is 0 Å². The molecule has 23 heavy (non-hydrogen) atoms. The van der Waals surface area contributed by atoms with Crippen molar-refractivity contribution in [1.82, 2.24) is 4.57 Å². The average Bonchev–Trinajstić information content (AvgIpc) is 2.94. The van der Waals surface area contributed by atoms with Crippen molar-refractivity contribution in [2.45, 2.75) is 39.7 Å². The van der Waals surface area contributed by atoms with Gasteiger partial charge in [0.05, 0.1) is 0 Å². The number of fused-ring (bicyclic) bond motifs is 1. The minimum atomic E-state index is 0.104. The van der Waals surface area contributed by atoms with Crippen LogP contribution in [0.5, 0.6) is 0 Å². The van der Waals surface area contributed by atoms with Crippen molar-refractivity contribution in [2.75, 3.05) is 0 Å². The predicted octanol–water partition coefficient (Wildman–Crippen LogP) is 5.54. The quantitative estimate of drug-likeness (QED) is 0.567. The molecule has 0 amide bonds. The predicted molar refractivity (Wildman–Crippen MR) is 96.2 cm³/mol. The van der Waals surface area contributed by atoms with E-state index in [1.54, 1.807) is 0 Å². The zero-order valence-electron chi connectivity index (χ0n) is 14.0. The SMILES string of the molecule is CCCC(C)n1cc(C(=O)c2cccc(C)c2)c2ccccc21.